The lowest BCUT2D eigenvalue weighted by Crippen LogP contribution is -2.63. The average molecular weight is 764 g/mol. The second-order valence-corrected chi connectivity index (χ2v) is 15.7. The Morgan fingerprint density at radius 2 is 1.35 bits per heavy atom. The number of rotatable bonds is 18. The average Bonchev–Trinajstić information content (AvgIpc) is 3.16. The van der Waals surface area contributed by atoms with Gasteiger partial charge in [-0.3, -0.25) is 19.2 Å². The maximum absolute atomic E-state index is 14.2. The second kappa shape index (κ2) is 21.8. The van der Waals surface area contributed by atoms with Crippen LogP contribution in [0.4, 0.5) is 4.79 Å². The third kappa shape index (κ3) is 14.7. The number of urea groups is 1. The van der Waals surface area contributed by atoms with Gasteiger partial charge in [0.25, 0.3) is 0 Å². The third-order valence-electron chi connectivity index (χ3n) is 9.58. The highest BCUT2D eigenvalue weighted by atomic mass is 16.5. The molecule has 2 aromatic carbocycles. The molecule has 0 spiro atoms. The minimum atomic E-state index is -1.44. The van der Waals surface area contributed by atoms with Crippen LogP contribution in [0.1, 0.15) is 105 Å². The Labute approximate surface area is 326 Å². The van der Waals surface area contributed by atoms with Crippen molar-refractivity contribution in [3.63, 3.8) is 0 Å². The van der Waals surface area contributed by atoms with E-state index in [9.17, 15) is 28.8 Å². The van der Waals surface area contributed by atoms with E-state index in [0.29, 0.717) is 19.3 Å². The Kier molecular flexibility index (Phi) is 17.6. The summed E-state index contributed by atoms with van der Waals surface area (Å²) < 4.78 is 11.0. The highest BCUT2D eigenvalue weighted by Gasteiger charge is 2.42. The molecule has 0 bridgehead atoms. The summed E-state index contributed by atoms with van der Waals surface area (Å²) in [5.41, 5.74) is 0.816. The summed E-state index contributed by atoms with van der Waals surface area (Å²) in [6.45, 7) is 13.5. The molecule has 1 aliphatic heterocycles. The molecule has 1 fully saturated rings. The van der Waals surface area contributed by atoms with E-state index in [2.05, 4.69) is 21.3 Å². The number of amides is 5. The van der Waals surface area contributed by atoms with Crippen LogP contribution in [0.15, 0.2) is 60.7 Å². The number of esters is 2. The molecule has 3 rings (SSSR count). The van der Waals surface area contributed by atoms with Crippen LogP contribution in [0.2, 0.25) is 0 Å². The Morgan fingerprint density at radius 1 is 0.764 bits per heavy atom. The highest BCUT2D eigenvalue weighted by Crippen LogP contribution is 2.26. The van der Waals surface area contributed by atoms with Gasteiger partial charge in [0, 0.05) is 12.6 Å². The monoisotopic (exact) mass is 763 g/mol. The van der Waals surface area contributed by atoms with Crippen molar-refractivity contribution in [1.82, 2.24) is 26.2 Å². The van der Waals surface area contributed by atoms with Crippen LogP contribution in [-0.2, 0) is 46.7 Å². The van der Waals surface area contributed by atoms with Gasteiger partial charge in [-0.25, -0.2) is 9.59 Å². The quantitative estimate of drug-likeness (QED) is 0.151. The van der Waals surface area contributed by atoms with Crippen molar-refractivity contribution in [2.75, 3.05) is 6.54 Å². The summed E-state index contributed by atoms with van der Waals surface area (Å²) in [5, 5.41) is 11.2. The largest absolute Gasteiger partial charge is 0.461 e. The molecule has 1 aliphatic rings. The second-order valence-electron chi connectivity index (χ2n) is 15.7. The molecule has 4 N–H and O–H groups in total. The van der Waals surface area contributed by atoms with Gasteiger partial charge in [-0.05, 0) is 61.0 Å². The predicted octanol–water partition coefficient (Wildman–Crippen LogP) is 5.16. The summed E-state index contributed by atoms with van der Waals surface area (Å²) in [5.74, 6) is -3.23. The first-order valence-electron chi connectivity index (χ1n) is 19.5. The van der Waals surface area contributed by atoms with Crippen molar-refractivity contribution in [1.29, 1.82) is 0 Å². The van der Waals surface area contributed by atoms with E-state index < -0.39 is 71.7 Å². The number of piperidine rings is 1. The van der Waals surface area contributed by atoms with Gasteiger partial charge in [-0.1, -0.05) is 109 Å². The fourth-order valence-corrected chi connectivity index (χ4v) is 6.36. The zero-order valence-corrected chi connectivity index (χ0v) is 33.5. The van der Waals surface area contributed by atoms with Gasteiger partial charge in [-0.2, -0.15) is 0 Å². The van der Waals surface area contributed by atoms with Gasteiger partial charge in [0.2, 0.25) is 17.7 Å². The number of carbonyl (C=O) groups is 6. The van der Waals surface area contributed by atoms with Crippen LogP contribution in [-0.4, -0.2) is 77.3 Å². The van der Waals surface area contributed by atoms with Gasteiger partial charge in [0.15, 0.2) is 0 Å². The molecule has 1 saturated heterocycles. The van der Waals surface area contributed by atoms with Crippen LogP contribution in [0, 0.1) is 11.3 Å². The van der Waals surface area contributed by atoms with Crippen molar-refractivity contribution >= 4 is 35.7 Å². The van der Waals surface area contributed by atoms with Crippen LogP contribution in [0.25, 0.3) is 0 Å². The van der Waals surface area contributed by atoms with Crippen molar-refractivity contribution in [2.45, 2.75) is 137 Å². The lowest BCUT2D eigenvalue weighted by molar-refractivity contribution is -0.151. The van der Waals surface area contributed by atoms with E-state index in [1.807, 2.05) is 97.0 Å². The lowest BCUT2D eigenvalue weighted by atomic mass is 9.85. The molecule has 0 radical (unpaired) electrons. The van der Waals surface area contributed by atoms with E-state index in [4.69, 9.17) is 9.47 Å². The molecular formula is C42H61N5O8. The number of hydrogen-bond donors (Lipinski definition) is 4. The van der Waals surface area contributed by atoms with Crippen LogP contribution in [0.5, 0.6) is 0 Å². The zero-order valence-electron chi connectivity index (χ0n) is 33.5. The molecule has 5 amide bonds. The Bertz CT molecular complexity index is 1560. The normalized spacial score (nSPS) is 16.0. The number of carbonyl (C=O) groups excluding carboxylic acids is 6. The predicted molar refractivity (Wildman–Crippen MR) is 209 cm³/mol. The van der Waals surface area contributed by atoms with Gasteiger partial charge in [0.1, 0.15) is 37.4 Å². The molecule has 302 valence electrons. The smallest absolute Gasteiger partial charge is 0.328 e. The molecule has 0 aromatic heterocycles. The Balaban J connectivity index is 1.84. The minimum absolute atomic E-state index is 0.00548. The molecule has 2 aromatic rings. The molecule has 55 heavy (non-hydrogen) atoms. The van der Waals surface area contributed by atoms with Crippen LogP contribution < -0.4 is 21.3 Å². The van der Waals surface area contributed by atoms with Crippen molar-refractivity contribution < 1.29 is 38.2 Å². The molecule has 0 unspecified atom stereocenters. The summed E-state index contributed by atoms with van der Waals surface area (Å²) in [6.07, 6.45) is 2.77. The molecule has 13 heteroatoms. The van der Waals surface area contributed by atoms with Gasteiger partial charge in [-0.15, -0.1) is 0 Å². The first-order chi connectivity index (χ1) is 26.1. The van der Waals surface area contributed by atoms with Gasteiger partial charge < -0.3 is 35.6 Å². The number of ether oxygens (including phenoxy) is 2. The van der Waals surface area contributed by atoms with Crippen molar-refractivity contribution in [3.05, 3.63) is 71.8 Å². The number of nitrogens with one attached hydrogen (secondary N) is 4. The highest BCUT2D eigenvalue weighted by molar-refractivity contribution is 5.96. The molecule has 0 aliphatic carbocycles. The summed E-state index contributed by atoms with van der Waals surface area (Å²) in [6, 6.07) is 13.2. The Morgan fingerprint density at radius 3 is 1.89 bits per heavy atom. The molecule has 4 atom stereocenters. The van der Waals surface area contributed by atoms with Gasteiger partial charge in [0.05, 0.1) is 6.42 Å². The maximum Gasteiger partial charge on any atom is 0.328 e. The summed E-state index contributed by atoms with van der Waals surface area (Å²) in [7, 11) is 0. The zero-order chi connectivity index (χ0) is 40.5. The van der Waals surface area contributed by atoms with E-state index in [-0.39, 0.29) is 38.1 Å². The lowest BCUT2D eigenvalue weighted by Gasteiger charge is -2.40. The molecule has 0 saturated carbocycles. The fourth-order valence-electron chi connectivity index (χ4n) is 6.36. The number of hydrogen-bond acceptors (Lipinski definition) is 8. The van der Waals surface area contributed by atoms with Crippen molar-refractivity contribution in [2.24, 2.45) is 11.3 Å². The van der Waals surface area contributed by atoms with E-state index in [0.717, 1.165) is 24.0 Å². The SMILES string of the molecule is CCC(CC)NC(=O)N[C@H](C(=O)N1CCCC[C@H]1C(=O)N[C@@H](CC(=O)OCc1ccccc1)C(=O)N[C@@H](CC(C)C)C(=O)OCc1ccccc1)C(C)(C)C. The third-order valence-corrected chi connectivity index (χ3v) is 9.58. The summed E-state index contributed by atoms with van der Waals surface area (Å²) >= 11 is 0. The van der Waals surface area contributed by atoms with Crippen LogP contribution >= 0.6 is 0 Å². The number of likely N-dealkylation sites (tertiary alicyclic amines) is 1. The maximum atomic E-state index is 14.2. The van der Waals surface area contributed by atoms with E-state index in [1.54, 1.807) is 12.1 Å². The number of benzene rings is 2. The van der Waals surface area contributed by atoms with Crippen molar-refractivity contribution in [3.8, 4) is 0 Å². The minimum Gasteiger partial charge on any atom is -0.461 e. The van der Waals surface area contributed by atoms with E-state index >= 15 is 0 Å². The first-order valence-corrected chi connectivity index (χ1v) is 19.5. The first kappa shape index (κ1) is 44.5. The van der Waals surface area contributed by atoms with E-state index in [1.165, 1.54) is 4.90 Å². The molecule has 13 nitrogen and oxygen atoms in total. The standard InChI is InChI=1S/C42H61N5O8/c1-8-31(9-2)43-41(53)46-36(42(5,6)7)39(51)47-23-17-16-22-34(47)38(50)44-32(25-35(48)54-26-29-18-12-10-13-19-29)37(49)45-33(24-28(3)4)40(52)55-27-30-20-14-11-15-21-30/h10-15,18-21,28,31-34,36H,8-9,16-17,22-27H2,1-7H3,(H,44,50)(H,45,49)(H2,43,46,53)/t32-,33-,34-,36+/m0/s1. The molecule has 1 heterocycles. The number of nitrogens with zero attached hydrogens (tertiary/aromatic N) is 1. The van der Waals surface area contributed by atoms with Gasteiger partial charge >= 0.3 is 18.0 Å². The molecular weight excluding hydrogens is 702 g/mol. The van der Waals surface area contributed by atoms with Crippen LogP contribution in [0.3, 0.4) is 0 Å². The summed E-state index contributed by atoms with van der Waals surface area (Å²) in [4.78, 5) is 83.3. The fraction of sp³-hybridized carbons (Fsp3) is 0.571. The topological polar surface area (TPSA) is 172 Å². The Hall–Kier alpha value is -4.94.